The Morgan fingerprint density at radius 1 is 0.559 bits per heavy atom. The summed E-state index contributed by atoms with van der Waals surface area (Å²) in [5, 5.41) is 37.3. The normalized spacial score (nSPS) is 13.0. The number of rotatable bonds is 3. The fourth-order valence-corrected chi connectivity index (χ4v) is 5.17. The van der Waals surface area contributed by atoms with Crippen LogP contribution in [0.3, 0.4) is 0 Å². The van der Waals surface area contributed by atoms with Crippen molar-refractivity contribution >= 4 is 27.6 Å². The van der Waals surface area contributed by atoms with E-state index >= 15 is 0 Å². The van der Waals surface area contributed by atoms with Gasteiger partial charge in [-0.25, -0.2) is 0 Å². The molecule has 34 heavy (non-hydrogen) atoms. The number of benzene rings is 5. The molecule has 0 saturated carbocycles. The molecule has 6 rings (SSSR count). The van der Waals surface area contributed by atoms with E-state index < -0.39 is 5.92 Å². The first-order valence-electron chi connectivity index (χ1n) is 11.5. The van der Waals surface area contributed by atoms with Crippen molar-refractivity contribution in [2.24, 2.45) is 0 Å². The van der Waals surface area contributed by atoms with E-state index in [1.54, 1.807) is 12.1 Å². The van der Waals surface area contributed by atoms with Crippen LogP contribution in [0.15, 0.2) is 91.0 Å². The summed E-state index contributed by atoms with van der Waals surface area (Å²) < 4.78 is 0. The highest BCUT2D eigenvalue weighted by atomic mass is 16.3. The number of allylic oxidation sites excluding steroid dienone is 1. The average Bonchev–Trinajstić information content (AvgIpc) is 2.85. The molecule has 0 aromatic heterocycles. The van der Waals surface area contributed by atoms with Crippen molar-refractivity contribution in [3.63, 3.8) is 0 Å². The van der Waals surface area contributed by atoms with E-state index in [1.165, 1.54) is 0 Å². The SMILES string of the molecule is Oc1cc2c(cc1C(c1cc3ccccc3cc1O)c1cc3ccccc3cc1O)C=CCC2. The van der Waals surface area contributed by atoms with Gasteiger partial charge in [-0.1, -0.05) is 60.7 Å². The second kappa shape index (κ2) is 7.96. The highest BCUT2D eigenvalue weighted by Gasteiger charge is 2.27. The number of hydrogen-bond acceptors (Lipinski definition) is 3. The molecule has 3 heteroatoms. The smallest absolute Gasteiger partial charge is 0.120 e. The molecule has 0 radical (unpaired) electrons. The quantitative estimate of drug-likeness (QED) is 0.257. The Labute approximate surface area is 197 Å². The largest absolute Gasteiger partial charge is 0.508 e. The van der Waals surface area contributed by atoms with Crippen LogP contribution < -0.4 is 0 Å². The maximum atomic E-state index is 11.2. The summed E-state index contributed by atoms with van der Waals surface area (Å²) in [5.74, 6) is -0.137. The molecule has 5 aromatic carbocycles. The Kier molecular flexibility index (Phi) is 4.77. The third-order valence-electron chi connectivity index (χ3n) is 6.89. The molecule has 0 aliphatic heterocycles. The lowest BCUT2D eigenvalue weighted by atomic mass is 9.80. The van der Waals surface area contributed by atoms with Crippen molar-refractivity contribution in [1.82, 2.24) is 0 Å². The number of aryl methyl sites for hydroxylation is 1. The van der Waals surface area contributed by atoms with Gasteiger partial charge in [0, 0.05) is 22.6 Å². The maximum absolute atomic E-state index is 11.2. The van der Waals surface area contributed by atoms with E-state index in [-0.39, 0.29) is 17.2 Å². The lowest BCUT2D eigenvalue weighted by molar-refractivity contribution is 0.451. The summed E-state index contributed by atoms with van der Waals surface area (Å²) in [6.45, 7) is 0. The van der Waals surface area contributed by atoms with Crippen LogP contribution in [-0.4, -0.2) is 15.3 Å². The van der Waals surface area contributed by atoms with E-state index in [4.69, 9.17) is 0 Å². The summed E-state index contributed by atoms with van der Waals surface area (Å²) in [6, 6.07) is 27.0. The zero-order valence-electron chi connectivity index (χ0n) is 18.6. The topological polar surface area (TPSA) is 60.7 Å². The molecule has 3 N–H and O–H groups in total. The molecule has 1 aliphatic carbocycles. The molecule has 166 valence electrons. The standard InChI is InChI=1S/C31H24O3/c32-28-16-22-10-4-1-7-19(22)13-25(28)31(26-14-20-8-2-5-11-23(20)17-29(26)33)27-15-21-9-3-6-12-24(21)18-30(27)34/h1-5,7-11,13-18,31-34H,6,12H2. The van der Waals surface area contributed by atoms with Crippen molar-refractivity contribution in [1.29, 1.82) is 0 Å². The van der Waals surface area contributed by atoms with Gasteiger partial charge in [0.1, 0.15) is 17.2 Å². The lowest BCUT2D eigenvalue weighted by Gasteiger charge is -2.24. The summed E-state index contributed by atoms with van der Waals surface area (Å²) in [5.41, 5.74) is 4.10. The predicted octanol–water partition coefficient (Wildman–Crippen LogP) is 7.25. The second-order valence-electron chi connectivity index (χ2n) is 9.00. The zero-order valence-corrected chi connectivity index (χ0v) is 18.6. The van der Waals surface area contributed by atoms with Gasteiger partial charge in [0.05, 0.1) is 0 Å². The number of hydrogen-bond donors (Lipinski definition) is 3. The molecular weight excluding hydrogens is 420 g/mol. The van der Waals surface area contributed by atoms with E-state index in [0.717, 1.165) is 45.5 Å². The van der Waals surface area contributed by atoms with Crippen LogP contribution in [0.2, 0.25) is 0 Å². The third kappa shape index (κ3) is 3.37. The average molecular weight is 445 g/mol. The van der Waals surface area contributed by atoms with E-state index in [9.17, 15) is 15.3 Å². The molecule has 0 spiro atoms. The van der Waals surface area contributed by atoms with Gasteiger partial charge in [-0.2, -0.15) is 0 Å². The van der Waals surface area contributed by atoms with Crippen LogP contribution in [0.4, 0.5) is 0 Å². The van der Waals surface area contributed by atoms with E-state index in [2.05, 4.69) is 12.2 Å². The summed E-state index contributed by atoms with van der Waals surface area (Å²) >= 11 is 0. The number of phenols is 3. The molecule has 0 fully saturated rings. The van der Waals surface area contributed by atoms with Crippen molar-refractivity contribution < 1.29 is 15.3 Å². The Morgan fingerprint density at radius 2 is 1.03 bits per heavy atom. The summed E-state index contributed by atoms with van der Waals surface area (Å²) in [7, 11) is 0. The predicted molar refractivity (Wildman–Crippen MR) is 138 cm³/mol. The maximum Gasteiger partial charge on any atom is 0.120 e. The van der Waals surface area contributed by atoms with Gasteiger partial charge in [0.15, 0.2) is 0 Å². The highest BCUT2D eigenvalue weighted by molar-refractivity contribution is 5.88. The van der Waals surface area contributed by atoms with Crippen LogP contribution >= 0.6 is 0 Å². The molecule has 0 heterocycles. The highest BCUT2D eigenvalue weighted by Crippen LogP contribution is 2.46. The van der Waals surface area contributed by atoms with Gasteiger partial charge in [0.25, 0.3) is 0 Å². The van der Waals surface area contributed by atoms with Crippen LogP contribution in [0, 0.1) is 0 Å². The molecule has 5 aromatic rings. The lowest BCUT2D eigenvalue weighted by Crippen LogP contribution is -2.07. The molecule has 0 bridgehead atoms. The Balaban J connectivity index is 1.66. The van der Waals surface area contributed by atoms with Crippen LogP contribution in [0.5, 0.6) is 17.2 Å². The molecule has 3 nitrogen and oxygen atoms in total. The Hall–Kier alpha value is -4.24. The molecule has 1 aliphatic rings. The van der Waals surface area contributed by atoms with Crippen LogP contribution in [-0.2, 0) is 6.42 Å². The fraction of sp³-hybridized carbons (Fsp3) is 0.0968. The van der Waals surface area contributed by atoms with Gasteiger partial charge in [0.2, 0.25) is 0 Å². The van der Waals surface area contributed by atoms with Crippen molar-refractivity contribution in [3.05, 3.63) is 119 Å². The van der Waals surface area contributed by atoms with Gasteiger partial charge in [-0.05, 0) is 81.9 Å². The molecule has 0 atom stereocenters. The second-order valence-corrected chi connectivity index (χ2v) is 9.00. The van der Waals surface area contributed by atoms with Gasteiger partial charge in [-0.3, -0.25) is 0 Å². The first kappa shape index (κ1) is 20.4. The first-order chi connectivity index (χ1) is 16.6. The third-order valence-corrected chi connectivity index (χ3v) is 6.89. The van der Waals surface area contributed by atoms with Crippen LogP contribution in [0.25, 0.3) is 27.6 Å². The van der Waals surface area contributed by atoms with Crippen molar-refractivity contribution in [3.8, 4) is 17.2 Å². The Bertz CT molecular complexity index is 1510. The Morgan fingerprint density at radius 3 is 1.59 bits per heavy atom. The van der Waals surface area contributed by atoms with E-state index in [0.29, 0.717) is 16.7 Å². The van der Waals surface area contributed by atoms with Crippen molar-refractivity contribution in [2.45, 2.75) is 18.8 Å². The summed E-state index contributed by atoms with van der Waals surface area (Å²) in [4.78, 5) is 0. The number of phenolic OH excluding ortho intramolecular Hbond substituents is 3. The van der Waals surface area contributed by atoms with Crippen molar-refractivity contribution in [2.75, 3.05) is 0 Å². The minimum Gasteiger partial charge on any atom is -0.508 e. The monoisotopic (exact) mass is 444 g/mol. The molecule has 0 saturated heterocycles. The fourth-order valence-electron chi connectivity index (χ4n) is 5.17. The minimum absolute atomic E-state index is 0.129. The van der Waals surface area contributed by atoms with E-state index in [1.807, 2.05) is 72.8 Å². The molecule has 0 amide bonds. The van der Waals surface area contributed by atoms with Crippen LogP contribution in [0.1, 0.15) is 40.2 Å². The van der Waals surface area contributed by atoms with Gasteiger partial charge in [-0.15, -0.1) is 0 Å². The molecular formula is C31H24O3. The van der Waals surface area contributed by atoms with Gasteiger partial charge >= 0.3 is 0 Å². The first-order valence-corrected chi connectivity index (χ1v) is 11.5. The number of aromatic hydroxyl groups is 3. The minimum atomic E-state index is -0.560. The summed E-state index contributed by atoms with van der Waals surface area (Å²) in [6.07, 6.45) is 6.05. The number of fused-ring (bicyclic) bond motifs is 3. The molecule has 0 unspecified atom stereocenters. The van der Waals surface area contributed by atoms with Gasteiger partial charge < -0.3 is 15.3 Å². The zero-order chi connectivity index (χ0) is 23.2.